The fraction of sp³-hybridized carbons (Fsp3) is 0.909. The van der Waals surface area contributed by atoms with Crippen LogP contribution in [0, 0.1) is 11.8 Å². The molecule has 0 aromatic rings. The molecule has 76 valence electrons. The summed E-state index contributed by atoms with van der Waals surface area (Å²) in [4.78, 5) is 11.6. The first-order valence-electron chi connectivity index (χ1n) is 5.34. The fourth-order valence-electron chi connectivity index (χ4n) is 1.82. The third kappa shape index (κ3) is 3.47. The monoisotopic (exact) mass is 184 g/mol. The SMILES string of the molecule is CCCC(C)C(=O)CC1CCOC1. The van der Waals surface area contributed by atoms with E-state index in [2.05, 4.69) is 6.92 Å². The molecular formula is C11H20O2. The van der Waals surface area contributed by atoms with Crippen LogP contribution in [-0.2, 0) is 9.53 Å². The average Bonchev–Trinajstić information content (AvgIpc) is 2.57. The van der Waals surface area contributed by atoms with E-state index in [1.165, 1.54) is 0 Å². The summed E-state index contributed by atoms with van der Waals surface area (Å²) in [5, 5.41) is 0. The Kier molecular flexibility index (Phi) is 4.43. The normalized spacial score (nSPS) is 24.6. The molecule has 0 amide bonds. The van der Waals surface area contributed by atoms with Gasteiger partial charge in [-0.25, -0.2) is 0 Å². The number of ketones is 1. The first kappa shape index (κ1) is 10.7. The first-order valence-corrected chi connectivity index (χ1v) is 5.34. The highest BCUT2D eigenvalue weighted by atomic mass is 16.5. The maximum atomic E-state index is 11.6. The number of Topliss-reactive ketones (excluding diaryl/α,β-unsaturated/α-hetero) is 1. The van der Waals surface area contributed by atoms with E-state index in [0.29, 0.717) is 11.7 Å². The molecule has 1 aliphatic rings. The third-order valence-electron chi connectivity index (χ3n) is 2.79. The number of rotatable bonds is 5. The highest BCUT2D eigenvalue weighted by molar-refractivity contribution is 5.80. The highest BCUT2D eigenvalue weighted by Crippen LogP contribution is 2.20. The third-order valence-corrected chi connectivity index (χ3v) is 2.79. The molecule has 0 aliphatic carbocycles. The Morgan fingerprint density at radius 3 is 2.92 bits per heavy atom. The Labute approximate surface area is 80.7 Å². The molecule has 2 unspecified atom stereocenters. The standard InChI is InChI=1S/C11H20O2/c1-3-4-9(2)11(12)7-10-5-6-13-8-10/h9-10H,3-8H2,1-2H3. The quantitative estimate of drug-likeness (QED) is 0.656. The maximum absolute atomic E-state index is 11.6. The zero-order chi connectivity index (χ0) is 9.68. The second-order valence-corrected chi connectivity index (χ2v) is 4.09. The molecule has 0 radical (unpaired) electrons. The van der Waals surface area contributed by atoms with E-state index in [1.807, 2.05) is 6.92 Å². The number of carbonyl (C=O) groups excluding carboxylic acids is 1. The minimum Gasteiger partial charge on any atom is -0.381 e. The van der Waals surface area contributed by atoms with Crippen LogP contribution in [0.1, 0.15) is 39.5 Å². The summed E-state index contributed by atoms with van der Waals surface area (Å²) in [6.45, 7) is 5.81. The molecule has 1 aliphatic heterocycles. The lowest BCUT2D eigenvalue weighted by atomic mass is 9.92. The van der Waals surface area contributed by atoms with Gasteiger partial charge in [0.05, 0.1) is 0 Å². The van der Waals surface area contributed by atoms with Gasteiger partial charge in [-0.15, -0.1) is 0 Å². The Bertz CT molecular complexity index is 159. The molecule has 1 saturated heterocycles. The molecule has 0 spiro atoms. The van der Waals surface area contributed by atoms with Crippen LogP contribution in [0.3, 0.4) is 0 Å². The van der Waals surface area contributed by atoms with Crippen LogP contribution in [0.5, 0.6) is 0 Å². The lowest BCUT2D eigenvalue weighted by Crippen LogP contribution is -2.15. The number of hydrogen-bond donors (Lipinski definition) is 0. The Morgan fingerprint density at radius 2 is 2.38 bits per heavy atom. The molecule has 1 fully saturated rings. The smallest absolute Gasteiger partial charge is 0.136 e. The van der Waals surface area contributed by atoms with Gasteiger partial charge >= 0.3 is 0 Å². The first-order chi connectivity index (χ1) is 6.24. The van der Waals surface area contributed by atoms with Crippen molar-refractivity contribution in [2.75, 3.05) is 13.2 Å². The number of carbonyl (C=O) groups is 1. The Balaban J connectivity index is 2.22. The summed E-state index contributed by atoms with van der Waals surface area (Å²) < 4.78 is 5.25. The van der Waals surface area contributed by atoms with Crippen molar-refractivity contribution in [3.8, 4) is 0 Å². The second-order valence-electron chi connectivity index (χ2n) is 4.09. The van der Waals surface area contributed by atoms with Crippen LogP contribution < -0.4 is 0 Å². The van der Waals surface area contributed by atoms with Gasteiger partial charge in [0.15, 0.2) is 0 Å². The second kappa shape index (κ2) is 5.38. The van der Waals surface area contributed by atoms with Gasteiger partial charge in [0.25, 0.3) is 0 Å². The zero-order valence-corrected chi connectivity index (χ0v) is 8.71. The molecule has 1 heterocycles. The van der Waals surface area contributed by atoms with Crippen molar-refractivity contribution in [2.45, 2.75) is 39.5 Å². The molecule has 0 aromatic carbocycles. The van der Waals surface area contributed by atoms with Gasteiger partial charge in [0, 0.05) is 25.6 Å². The molecular weight excluding hydrogens is 164 g/mol. The summed E-state index contributed by atoms with van der Waals surface area (Å²) in [6.07, 6.45) is 3.95. The van der Waals surface area contributed by atoms with Gasteiger partial charge in [-0.1, -0.05) is 20.3 Å². The van der Waals surface area contributed by atoms with Crippen LogP contribution in [0.15, 0.2) is 0 Å². The lowest BCUT2D eigenvalue weighted by molar-refractivity contribution is -0.123. The van der Waals surface area contributed by atoms with Crippen LogP contribution in [0.25, 0.3) is 0 Å². The van der Waals surface area contributed by atoms with E-state index in [-0.39, 0.29) is 5.92 Å². The molecule has 13 heavy (non-hydrogen) atoms. The Morgan fingerprint density at radius 1 is 1.62 bits per heavy atom. The molecule has 2 heteroatoms. The van der Waals surface area contributed by atoms with Gasteiger partial charge < -0.3 is 4.74 Å². The zero-order valence-electron chi connectivity index (χ0n) is 8.71. The minimum atomic E-state index is 0.255. The van der Waals surface area contributed by atoms with Gasteiger partial charge in [-0.05, 0) is 18.8 Å². The molecule has 0 bridgehead atoms. The van der Waals surface area contributed by atoms with Crippen molar-refractivity contribution in [2.24, 2.45) is 11.8 Å². The van der Waals surface area contributed by atoms with Crippen molar-refractivity contribution in [3.05, 3.63) is 0 Å². The summed E-state index contributed by atoms with van der Waals surface area (Å²) in [5.74, 6) is 1.19. The average molecular weight is 184 g/mol. The highest BCUT2D eigenvalue weighted by Gasteiger charge is 2.21. The Hall–Kier alpha value is -0.370. The summed E-state index contributed by atoms with van der Waals surface area (Å²) in [6, 6.07) is 0. The van der Waals surface area contributed by atoms with Crippen molar-refractivity contribution in [1.29, 1.82) is 0 Å². The molecule has 2 atom stereocenters. The van der Waals surface area contributed by atoms with Crippen LogP contribution in [0.2, 0.25) is 0 Å². The largest absolute Gasteiger partial charge is 0.381 e. The van der Waals surface area contributed by atoms with Crippen molar-refractivity contribution >= 4 is 5.78 Å². The van der Waals surface area contributed by atoms with Crippen molar-refractivity contribution in [1.82, 2.24) is 0 Å². The van der Waals surface area contributed by atoms with E-state index in [0.717, 1.165) is 38.9 Å². The maximum Gasteiger partial charge on any atom is 0.136 e. The van der Waals surface area contributed by atoms with Crippen LogP contribution >= 0.6 is 0 Å². The van der Waals surface area contributed by atoms with Crippen molar-refractivity contribution in [3.63, 3.8) is 0 Å². The molecule has 0 N–H and O–H groups in total. The van der Waals surface area contributed by atoms with E-state index in [9.17, 15) is 4.79 Å². The minimum absolute atomic E-state index is 0.255. The van der Waals surface area contributed by atoms with Gasteiger partial charge in [0.1, 0.15) is 5.78 Å². The van der Waals surface area contributed by atoms with E-state index < -0.39 is 0 Å². The molecule has 0 aromatic heterocycles. The molecule has 2 nitrogen and oxygen atoms in total. The van der Waals surface area contributed by atoms with Gasteiger partial charge in [0.2, 0.25) is 0 Å². The van der Waals surface area contributed by atoms with E-state index >= 15 is 0 Å². The number of hydrogen-bond acceptors (Lipinski definition) is 2. The summed E-state index contributed by atoms with van der Waals surface area (Å²) >= 11 is 0. The predicted octanol–water partition coefficient (Wildman–Crippen LogP) is 2.42. The topological polar surface area (TPSA) is 26.3 Å². The summed E-state index contributed by atoms with van der Waals surface area (Å²) in [5.41, 5.74) is 0. The van der Waals surface area contributed by atoms with Crippen molar-refractivity contribution < 1.29 is 9.53 Å². The van der Waals surface area contributed by atoms with Crippen LogP contribution in [0.4, 0.5) is 0 Å². The summed E-state index contributed by atoms with van der Waals surface area (Å²) in [7, 11) is 0. The molecule has 0 saturated carbocycles. The lowest BCUT2D eigenvalue weighted by Gasteiger charge is -2.11. The number of ether oxygens (including phenoxy) is 1. The van der Waals surface area contributed by atoms with Gasteiger partial charge in [-0.2, -0.15) is 0 Å². The molecule has 1 rings (SSSR count). The predicted molar refractivity (Wildman–Crippen MR) is 52.6 cm³/mol. The van der Waals surface area contributed by atoms with E-state index in [4.69, 9.17) is 4.74 Å². The van der Waals surface area contributed by atoms with E-state index in [1.54, 1.807) is 0 Å². The fourth-order valence-corrected chi connectivity index (χ4v) is 1.82. The van der Waals surface area contributed by atoms with Crippen LogP contribution in [-0.4, -0.2) is 19.0 Å². The van der Waals surface area contributed by atoms with Gasteiger partial charge in [-0.3, -0.25) is 4.79 Å².